The molecular weight excluding hydrogens is 359 g/mol. The zero-order valence-electron chi connectivity index (χ0n) is 12.1. The maximum atomic E-state index is 8.68. The average molecular weight is 385 g/mol. The standard InChI is InChI=1S/C6H14S4.C4H11O5P/c1-2-3-4-5-6-8-10-9-7;1-3-6-8-10(5)9-7-4-2/h7H,2-6H2,1H3;5H,3-4H2,1-2H3. The smallest absolute Gasteiger partial charge is 0.325 e. The van der Waals surface area contributed by atoms with E-state index in [0.29, 0.717) is 13.2 Å². The Morgan fingerprint density at radius 3 is 2.05 bits per heavy atom. The summed E-state index contributed by atoms with van der Waals surface area (Å²) < 4.78 is 8.53. The molecule has 0 aromatic heterocycles. The molecule has 10 heteroatoms. The van der Waals surface area contributed by atoms with Gasteiger partial charge in [-0.05, 0) is 39.9 Å². The average Bonchev–Trinajstić information content (AvgIpc) is 2.47. The Morgan fingerprint density at radius 1 is 1.00 bits per heavy atom. The minimum Gasteiger partial charge on any atom is -0.325 e. The molecule has 0 spiro atoms. The molecule has 0 rings (SSSR count). The molecule has 0 fully saturated rings. The number of rotatable bonds is 13. The van der Waals surface area contributed by atoms with E-state index in [1.54, 1.807) is 23.7 Å². The normalized spacial score (nSPS) is 10.5. The van der Waals surface area contributed by atoms with Crippen molar-refractivity contribution in [3.63, 3.8) is 0 Å². The van der Waals surface area contributed by atoms with Gasteiger partial charge in [-0.15, -0.1) is 0 Å². The van der Waals surface area contributed by atoms with Crippen LogP contribution in [0.3, 0.4) is 0 Å². The molecule has 0 saturated heterocycles. The Bertz CT molecular complexity index is 157. The largest absolute Gasteiger partial charge is 0.389 e. The molecule has 5 nitrogen and oxygen atoms in total. The fourth-order valence-corrected chi connectivity index (χ4v) is 4.55. The summed E-state index contributed by atoms with van der Waals surface area (Å²) in [4.78, 5) is 17.4. The van der Waals surface area contributed by atoms with Crippen LogP contribution >= 0.6 is 50.7 Å². The van der Waals surface area contributed by atoms with Gasteiger partial charge in [0.25, 0.3) is 0 Å². The predicted octanol–water partition coefficient (Wildman–Crippen LogP) is 5.58. The van der Waals surface area contributed by atoms with E-state index in [4.69, 9.17) is 4.89 Å². The first-order valence-corrected chi connectivity index (χ1v) is 12.2. The van der Waals surface area contributed by atoms with Crippen molar-refractivity contribution in [3.05, 3.63) is 0 Å². The van der Waals surface area contributed by atoms with E-state index < -0.39 is 8.60 Å². The molecule has 0 bridgehead atoms. The Balaban J connectivity index is 0. The SMILES string of the molecule is CCCCCCSSSS.CCOOP(O)OOCC. The summed E-state index contributed by atoms with van der Waals surface area (Å²) in [5.41, 5.74) is 0. The lowest BCUT2D eigenvalue weighted by atomic mass is 10.2. The lowest BCUT2D eigenvalue weighted by Crippen LogP contribution is -1.93. The molecule has 20 heavy (non-hydrogen) atoms. The summed E-state index contributed by atoms with van der Waals surface area (Å²) >= 11 is 4.02. The van der Waals surface area contributed by atoms with Crippen LogP contribution in [-0.4, -0.2) is 23.9 Å². The van der Waals surface area contributed by atoms with E-state index in [1.807, 2.05) is 10.8 Å². The lowest BCUT2D eigenvalue weighted by molar-refractivity contribution is -0.263. The van der Waals surface area contributed by atoms with Gasteiger partial charge in [-0.2, -0.15) is 9.35 Å². The quantitative estimate of drug-likeness (QED) is 0.107. The van der Waals surface area contributed by atoms with Crippen molar-refractivity contribution in [3.8, 4) is 0 Å². The van der Waals surface area contributed by atoms with Crippen molar-refractivity contribution in [1.29, 1.82) is 0 Å². The van der Waals surface area contributed by atoms with E-state index in [-0.39, 0.29) is 0 Å². The topological polar surface area (TPSA) is 57.2 Å². The van der Waals surface area contributed by atoms with E-state index >= 15 is 0 Å². The molecule has 124 valence electrons. The molecular formula is C10H25O5PS4. The summed E-state index contributed by atoms with van der Waals surface area (Å²) in [5, 5.41) is 0. The van der Waals surface area contributed by atoms with Crippen molar-refractivity contribution < 1.29 is 24.0 Å². The summed E-state index contributed by atoms with van der Waals surface area (Å²) in [6.07, 6.45) is 5.47. The monoisotopic (exact) mass is 384 g/mol. The zero-order chi connectivity index (χ0) is 15.5. The van der Waals surface area contributed by atoms with Crippen LogP contribution in [0.25, 0.3) is 0 Å². The highest BCUT2D eigenvalue weighted by atomic mass is 33.7. The predicted molar refractivity (Wildman–Crippen MR) is 95.3 cm³/mol. The Hall–Kier alpha value is 1.63. The number of thiol groups is 1. The van der Waals surface area contributed by atoms with Gasteiger partial charge in [-0.1, -0.05) is 48.6 Å². The summed E-state index contributed by atoms with van der Waals surface area (Å²) in [6, 6.07) is 0. The van der Waals surface area contributed by atoms with Crippen LogP contribution in [0.2, 0.25) is 0 Å². The van der Waals surface area contributed by atoms with Gasteiger partial charge in [0.1, 0.15) is 0 Å². The lowest BCUT2D eigenvalue weighted by Gasteiger charge is -2.05. The third-order valence-electron chi connectivity index (χ3n) is 1.63. The second kappa shape index (κ2) is 22.9. The van der Waals surface area contributed by atoms with Crippen LogP contribution in [0, 0.1) is 0 Å². The molecule has 0 atom stereocenters. The Kier molecular flexibility index (Phi) is 27.4. The van der Waals surface area contributed by atoms with Gasteiger partial charge in [0.05, 0.1) is 13.2 Å². The molecule has 0 aliphatic rings. The van der Waals surface area contributed by atoms with Crippen molar-refractivity contribution in [2.75, 3.05) is 19.0 Å². The molecule has 0 unspecified atom stereocenters. The van der Waals surface area contributed by atoms with E-state index in [9.17, 15) is 0 Å². The highest BCUT2D eigenvalue weighted by molar-refractivity contribution is 9.23. The van der Waals surface area contributed by atoms with Gasteiger partial charge < -0.3 is 4.89 Å². The molecule has 0 saturated carbocycles. The molecule has 0 aromatic rings. The van der Waals surface area contributed by atoms with Gasteiger partial charge >= 0.3 is 8.60 Å². The third kappa shape index (κ3) is 24.6. The van der Waals surface area contributed by atoms with Gasteiger partial charge in [0, 0.05) is 5.75 Å². The molecule has 0 aliphatic carbocycles. The number of unbranched alkanes of at least 4 members (excludes halogenated alkanes) is 3. The van der Waals surface area contributed by atoms with E-state index in [2.05, 4.69) is 37.7 Å². The second-order valence-corrected chi connectivity index (χ2v) is 9.06. The Labute approximate surface area is 140 Å². The van der Waals surface area contributed by atoms with Crippen LogP contribution < -0.4 is 0 Å². The van der Waals surface area contributed by atoms with Gasteiger partial charge in [0.15, 0.2) is 0 Å². The highest BCUT2D eigenvalue weighted by Crippen LogP contribution is 2.37. The van der Waals surface area contributed by atoms with Gasteiger partial charge in [-0.3, -0.25) is 0 Å². The highest BCUT2D eigenvalue weighted by Gasteiger charge is 2.07. The first-order chi connectivity index (χ1) is 9.72. The van der Waals surface area contributed by atoms with Crippen LogP contribution in [0.1, 0.15) is 46.5 Å². The van der Waals surface area contributed by atoms with E-state index in [1.165, 1.54) is 41.3 Å². The molecule has 1 N–H and O–H groups in total. The molecule has 0 amide bonds. The van der Waals surface area contributed by atoms with Gasteiger partial charge in [0.2, 0.25) is 0 Å². The Morgan fingerprint density at radius 2 is 1.60 bits per heavy atom. The fourth-order valence-electron chi connectivity index (χ4n) is 0.851. The first kappa shape index (κ1) is 23.9. The minimum atomic E-state index is -2.04. The fraction of sp³-hybridized carbons (Fsp3) is 1.00. The first-order valence-electron chi connectivity index (χ1n) is 6.40. The second-order valence-electron chi connectivity index (χ2n) is 3.23. The molecule has 0 aromatic carbocycles. The number of hydrogen-bond acceptors (Lipinski definition) is 9. The third-order valence-corrected chi connectivity index (χ3v) is 6.73. The number of hydrogen-bond donors (Lipinski definition) is 2. The van der Waals surface area contributed by atoms with Crippen molar-refractivity contribution >= 4 is 50.7 Å². The summed E-state index contributed by atoms with van der Waals surface area (Å²) in [6.45, 7) is 6.41. The summed E-state index contributed by atoms with van der Waals surface area (Å²) in [5.74, 6) is 1.28. The minimum absolute atomic E-state index is 0.356. The van der Waals surface area contributed by atoms with Crippen LogP contribution in [0.4, 0.5) is 0 Å². The maximum absolute atomic E-state index is 8.68. The van der Waals surface area contributed by atoms with Crippen LogP contribution in [-0.2, 0) is 19.1 Å². The molecule has 0 heterocycles. The van der Waals surface area contributed by atoms with E-state index in [0.717, 1.165) is 0 Å². The maximum Gasteiger partial charge on any atom is 0.389 e. The van der Waals surface area contributed by atoms with Crippen LogP contribution in [0.15, 0.2) is 0 Å². The molecule has 0 aliphatic heterocycles. The molecule has 0 radical (unpaired) electrons. The zero-order valence-corrected chi connectivity index (χ0v) is 16.4. The van der Waals surface area contributed by atoms with Crippen molar-refractivity contribution in [2.24, 2.45) is 0 Å². The van der Waals surface area contributed by atoms with Crippen molar-refractivity contribution in [2.45, 2.75) is 46.5 Å². The van der Waals surface area contributed by atoms with Crippen LogP contribution in [0.5, 0.6) is 0 Å². The summed E-state index contributed by atoms with van der Waals surface area (Å²) in [7, 11) is 3.17. The van der Waals surface area contributed by atoms with Gasteiger partial charge in [-0.25, -0.2) is 9.78 Å². The van der Waals surface area contributed by atoms with Crippen molar-refractivity contribution in [1.82, 2.24) is 0 Å².